The first kappa shape index (κ1) is 23.8. The summed E-state index contributed by atoms with van der Waals surface area (Å²) >= 11 is 0. The molecule has 4 nitrogen and oxygen atoms in total. The SMILES string of the molecule is CCCCC(O)(C(Nc1cccc2nc(C)ccc12)c1ccc(F)c(OC)c1)C(F)(F)F. The van der Waals surface area contributed by atoms with Gasteiger partial charge in [0.05, 0.1) is 18.7 Å². The van der Waals surface area contributed by atoms with Crippen LogP contribution in [0.5, 0.6) is 5.75 Å². The van der Waals surface area contributed by atoms with E-state index in [9.17, 15) is 22.7 Å². The van der Waals surface area contributed by atoms with E-state index < -0.39 is 30.1 Å². The first-order valence-electron chi connectivity index (χ1n) is 10.4. The molecule has 2 aromatic carbocycles. The van der Waals surface area contributed by atoms with Gasteiger partial charge in [-0.3, -0.25) is 4.98 Å². The van der Waals surface area contributed by atoms with E-state index in [1.807, 2.05) is 6.92 Å². The van der Waals surface area contributed by atoms with Crippen molar-refractivity contribution in [3.63, 3.8) is 0 Å². The van der Waals surface area contributed by atoms with E-state index in [1.54, 1.807) is 37.3 Å². The number of ether oxygens (including phenoxy) is 1. The van der Waals surface area contributed by atoms with Crippen LogP contribution in [0.1, 0.15) is 43.5 Å². The van der Waals surface area contributed by atoms with Gasteiger partial charge in [-0.2, -0.15) is 13.2 Å². The molecular weight excluding hydrogens is 424 g/mol. The van der Waals surface area contributed by atoms with Gasteiger partial charge in [-0.25, -0.2) is 4.39 Å². The summed E-state index contributed by atoms with van der Waals surface area (Å²) in [4.78, 5) is 4.42. The van der Waals surface area contributed by atoms with Crippen molar-refractivity contribution in [1.82, 2.24) is 4.98 Å². The summed E-state index contributed by atoms with van der Waals surface area (Å²) < 4.78 is 61.8. The van der Waals surface area contributed by atoms with Gasteiger partial charge < -0.3 is 15.2 Å². The van der Waals surface area contributed by atoms with Crippen molar-refractivity contribution in [3.05, 3.63) is 65.6 Å². The fraction of sp³-hybridized carbons (Fsp3) is 0.375. The summed E-state index contributed by atoms with van der Waals surface area (Å²) in [6, 6.07) is 10.4. The van der Waals surface area contributed by atoms with Crippen molar-refractivity contribution < 1.29 is 27.4 Å². The molecule has 2 unspecified atom stereocenters. The molecule has 1 heterocycles. The molecule has 0 saturated carbocycles. The molecule has 32 heavy (non-hydrogen) atoms. The standard InChI is InChI=1S/C24H26F4N2O2/c1-4-5-13-23(31,24(26,27)28)22(16-10-12-18(25)21(14-16)32-3)30-20-8-6-7-19-17(20)11-9-15(2)29-19/h6-12,14,22,30-31H,4-5,13H2,1-3H3. The molecule has 0 spiro atoms. The number of aryl methyl sites for hydroxylation is 1. The highest BCUT2D eigenvalue weighted by Gasteiger charge is 2.58. The zero-order chi connectivity index (χ0) is 23.5. The quantitative estimate of drug-likeness (QED) is 0.394. The molecule has 0 radical (unpaired) electrons. The average Bonchev–Trinajstić information content (AvgIpc) is 2.75. The number of hydrogen-bond acceptors (Lipinski definition) is 4. The van der Waals surface area contributed by atoms with Crippen LogP contribution in [0.25, 0.3) is 10.9 Å². The molecule has 172 valence electrons. The van der Waals surface area contributed by atoms with Gasteiger partial charge in [-0.1, -0.05) is 31.9 Å². The van der Waals surface area contributed by atoms with E-state index in [-0.39, 0.29) is 17.7 Å². The lowest BCUT2D eigenvalue weighted by molar-refractivity contribution is -0.269. The number of fused-ring (bicyclic) bond motifs is 1. The number of hydrogen-bond donors (Lipinski definition) is 2. The average molecular weight is 450 g/mol. The van der Waals surface area contributed by atoms with Gasteiger partial charge >= 0.3 is 6.18 Å². The Kier molecular flexibility index (Phi) is 6.93. The third kappa shape index (κ3) is 4.65. The smallest absolute Gasteiger partial charge is 0.419 e. The summed E-state index contributed by atoms with van der Waals surface area (Å²) in [6.07, 6.45) is -4.84. The second kappa shape index (κ2) is 9.32. The van der Waals surface area contributed by atoms with Gasteiger partial charge in [0.25, 0.3) is 0 Å². The number of aliphatic hydroxyl groups is 1. The maximum Gasteiger partial charge on any atom is 0.419 e. The molecule has 0 amide bonds. The maximum atomic E-state index is 14.3. The Morgan fingerprint density at radius 1 is 1.12 bits per heavy atom. The van der Waals surface area contributed by atoms with Gasteiger partial charge in [-0.15, -0.1) is 0 Å². The number of anilines is 1. The largest absolute Gasteiger partial charge is 0.494 e. The predicted molar refractivity (Wildman–Crippen MR) is 116 cm³/mol. The highest BCUT2D eigenvalue weighted by atomic mass is 19.4. The second-order valence-corrected chi connectivity index (χ2v) is 7.82. The predicted octanol–water partition coefficient (Wildman–Crippen LogP) is 6.33. The van der Waals surface area contributed by atoms with Gasteiger partial charge in [-0.05, 0) is 55.3 Å². The van der Waals surface area contributed by atoms with E-state index in [0.717, 1.165) is 11.8 Å². The molecule has 0 fully saturated rings. The number of rotatable bonds is 8. The Balaban J connectivity index is 2.19. The number of alkyl halides is 3. The normalized spacial score (nSPS) is 14.8. The molecular formula is C24H26F4N2O2. The number of benzene rings is 2. The van der Waals surface area contributed by atoms with Crippen LogP contribution in [0, 0.1) is 12.7 Å². The molecule has 0 saturated heterocycles. The topological polar surface area (TPSA) is 54.4 Å². The summed E-state index contributed by atoms with van der Waals surface area (Å²) in [5.74, 6) is -0.909. The van der Waals surface area contributed by atoms with Gasteiger partial charge in [0, 0.05) is 16.8 Å². The second-order valence-electron chi connectivity index (χ2n) is 7.82. The molecule has 0 bridgehead atoms. The fourth-order valence-electron chi connectivity index (χ4n) is 3.77. The summed E-state index contributed by atoms with van der Waals surface area (Å²) in [6.45, 7) is 3.57. The first-order valence-corrected chi connectivity index (χ1v) is 10.4. The third-order valence-corrected chi connectivity index (χ3v) is 5.56. The van der Waals surface area contributed by atoms with Crippen LogP contribution >= 0.6 is 0 Å². The van der Waals surface area contributed by atoms with Crippen LogP contribution in [0.3, 0.4) is 0 Å². The number of nitrogens with one attached hydrogen (secondary N) is 1. The summed E-state index contributed by atoms with van der Waals surface area (Å²) in [5.41, 5.74) is -1.30. The van der Waals surface area contributed by atoms with E-state index in [0.29, 0.717) is 23.0 Å². The Morgan fingerprint density at radius 3 is 2.53 bits per heavy atom. The zero-order valence-corrected chi connectivity index (χ0v) is 18.1. The number of halogens is 4. The van der Waals surface area contributed by atoms with Crippen LogP contribution in [0.2, 0.25) is 0 Å². The minimum Gasteiger partial charge on any atom is -0.494 e. The van der Waals surface area contributed by atoms with Crippen molar-refractivity contribution >= 4 is 16.6 Å². The molecule has 2 N–H and O–H groups in total. The van der Waals surface area contributed by atoms with E-state index in [1.165, 1.54) is 19.2 Å². The monoisotopic (exact) mass is 450 g/mol. The molecule has 8 heteroatoms. The van der Waals surface area contributed by atoms with Crippen LogP contribution in [-0.2, 0) is 0 Å². The lowest BCUT2D eigenvalue weighted by Gasteiger charge is -2.39. The Labute approximate surface area is 184 Å². The lowest BCUT2D eigenvalue weighted by atomic mass is 9.83. The zero-order valence-electron chi connectivity index (χ0n) is 18.1. The number of methoxy groups -OCH3 is 1. The van der Waals surface area contributed by atoms with Crippen LogP contribution in [0.4, 0.5) is 23.2 Å². The molecule has 0 aliphatic rings. The maximum absolute atomic E-state index is 14.3. The Hall–Kier alpha value is -2.87. The van der Waals surface area contributed by atoms with Crippen LogP contribution in [-0.4, -0.2) is 29.0 Å². The van der Waals surface area contributed by atoms with E-state index in [4.69, 9.17) is 4.74 Å². The van der Waals surface area contributed by atoms with Crippen molar-refractivity contribution in [1.29, 1.82) is 0 Å². The molecule has 2 atom stereocenters. The molecule has 1 aromatic heterocycles. The summed E-state index contributed by atoms with van der Waals surface area (Å²) in [7, 11) is 1.23. The van der Waals surface area contributed by atoms with E-state index in [2.05, 4.69) is 10.3 Å². The number of pyridine rings is 1. The fourth-order valence-corrected chi connectivity index (χ4v) is 3.77. The minimum absolute atomic E-state index is 0.0521. The first-order chi connectivity index (χ1) is 15.1. The van der Waals surface area contributed by atoms with E-state index >= 15 is 0 Å². The molecule has 0 aliphatic heterocycles. The number of aromatic nitrogens is 1. The van der Waals surface area contributed by atoms with Gasteiger partial charge in [0.15, 0.2) is 17.2 Å². The van der Waals surface area contributed by atoms with Crippen molar-refractivity contribution in [3.8, 4) is 5.75 Å². The number of unbranched alkanes of at least 4 members (excludes halogenated alkanes) is 1. The Bertz CT molecular complexity index is 1090. The third-order valence-electron chi connectivity index (χ3n) is 5.56. The highest BCUT2D eigenvalue weighted by Crippen LogP contribution is 2.46. The lowest BCUT2D eigenvalue weighted by Crippen LogP contribution is -2.52. The number of nitrogens with zero attached hydrogens (tertiary/aromatic N) is 1. The molecule has 3 rings (SSSR count). The molecule has 3 aromatic rings. The van der Waals surface area contributed by atoms with Crippen molar-refractivity contribution in [2.75, 3.05) is 12.4 Å². The van der Waals surface area contributed by atoms with Crippen LogP contribution < -0.4 is 10.1 Å². The van der Waals surface area contributed by atoms with Crippen molar-refractivity contribution in [2.45, 2.75) is 50.9 Å². The van der Waals surface area contributed by atoms with Gasteiger partial charge in [0.2, 0.25) is 0 Å². The summed E-state index contributed by atoms with van der Waals surface area (Å²) in [5, 5.41) is 14.6. The van der Waals surface area contributed by atoms with Gasteiger partial charge in [0.1, 0.15) is 0 Å². The minimum atomic E-state index is -4.94. The Morgan fingerprint density at radius 2 is 1.88 bits per heavy atom. The molecule has 0 aliphatic carbocycles. The van der Waals surface area contributed by atoms with Crippen LogP contribution in [0.15, 0.2) is 48.5 Å². The highest BCUT2D eigenvalue weighted by molar-refractivity contribution is 5.91. The van der Waals surface area contributed by atoms with Crippen molar-refractivity contribution in [2.24, 2.45) is 0 Å².